The molecule has 2 amide bonds. The highest BCUT2D eigenvalue weighted by molar-refractivity contribution is 6.01. The predicted molar refractivity (Wildman–Crippen MR) is 142 cm³/mol. The van der Waals surface area contributed by atoms with Gasteiger partial charge in [0.25, 0.3) is 11.8 Å². The Morgan fingerprint density at radius 2 is 2.02 bits per heavy atom. The number of hydrogen-bond acceptors (Lipinski definition) is 9. The van der Waals surface area contributed by atoms with Gasteiger partial charge in [0.2, 0.25) is 17.1 Å². The molecule has 0 aliphatic carbocycles. The van der Waals surface area contributed by atoms with Gasteiger partial charge in [0, 0.05) is 49.1 Å². The number of ether oxygens (including phenoxy) is 2. The van der Waals surface area contributed by atoms with Crippen LogP contribution in [0, 0.1) is 11.6 Å². The molecule has 226 valence electrons. The summed E-state index contributed by atoms with van der Waals surface area (Å²) in [5.41, 5.74) is -3.17. The number of nitrogens with one attached hydrogen (secondary N) is 1. The third-order valence-electron chi connectivity index (χ3n) is 7.76. The molecule has 2 N–H and O–H groups in total. The molecular weight excluding hydrogens is 574 g/mol. The topological polar surface area (TPSA) is 166 Å². The Labute approximate surface area is 242 Å². The normalized spacial score (nSPS) is 22.5. The number of fused-ring (bicyclic) bond motifs is 5. The molecule has 0 radical (unpaired) electrons. The summed E-state index contributed by atoms with van der Waals surface area (Å²) >= 11 is 0. The third-order valence-corrected chi connectivity index (χ3v) is 7.76. The lowest BCUT2D eigenvalue weighted by atomic mass is 9.85. The van der Waals surface area contributed by atoms with Crippen molar-refractivity contribution in [1.82, 2.24) is 14.8 Å². The Bertz CT molecular complexity index is 1650. The van der Waals surface area contributed by atoms with Crippen LogP contribution in [0.4, 0.5) is 8.78 Å². The van der Waals surface area contributed by atoms with E-state index in [0.717, 1.165) is 18.3 Å². The molecule has 43 heavy (non-hydrogen) atoms. The zero-order valence-electron chi connectivity index (χ0n) is 23.0. The molecule has 15 heteroatoms. The van der Waals surface area contributed by atoms with Crippen molar-refractivity contribution in [2.45, 2.75) is 50.4 Å². The van der Waals surface area contributed by atoms with E-state index in [1.54, 1.807) is 0 Å². The lowest BCUT2D eigenvalue weighted by Crippen LogP contribution is -2.52. The van der Waals surface area contributed by atoms with Crippen molar-refractivity contribution in [2.24, 2.45) is 5.16 Å². The molecule has 2 bridgehead atoms. The number of pyridine rings is 1. The molecule has 1 aromatic carbocycles. The smallest absolute Gasteiger partial charge is 0.336 e. The average Bonchev–Trinajstić information content (AvgIpc) is 3.34. The van der Waals surface area contributed by atoms with E-state index in [1.807, 2.05) is 6.92 Å². The minimum absolute atomic E-state index is 0.0654. The van der Waals surface area contributed by atoms with Crippen molar-refractivity contribution in [3.8, 4) is 5.75 Å². The standard InChI is InChI=1S/C28H26F2N4O9/c1-14-7-8-28(10-20(41-2)32-43-28)19-13-33(14)27(40)23-25(42-22(37)6-5-21(35)36)24(38)17(12-34(19)23)26(39)31-11-15-3-4-16(29)9-18(15)30/h3-6,9,12,14,19H,7-8,10-11,13H2,1-2H3,(H,31,39)(H,35,36)/b6-5+/t14-,19+,28-/m0/s1. The van der Waals surface area contributed by atoms with Crippen LogP contribution in [0.3, 0.4) is 0 Å². The van der Waals surface area contributed by atoms with Crippen LogP contribution < -0.4 is 15.5 Å². The first-order valence-electron chi connectivity index (χ1n) is 13.2. The summed E-state index contributed by atoms with van der Waals surface area (Å²) in [5, 5.41) is 15.3. The number of carbonyl (C=O) groups is 4. The lowest BCUT2D eigenvalue weighted by Gasteiger charge is -2.41. The highest BCUT2D eigenvalue weighted by atomic mass is 19.1. The van der Waals surface area contributed by atoms with Crippen LogP contribution in [0.2, 0.25) is 0 Å². The van der Waals surface area contributed by atoms with E-state index in [-0.39, 0.29) is 30.3 Å². The summed E-state index contributed by atoms with van der Waals surface area (Å²) in [7, 11) is 1.43. The molecule has 1 fully saturated rings. The fraction of sp³-hybridized carbons (Fsp3) is 0.357. The minimum Gasteiger partial charge on any atom is -0.482 e. The van der Waals surface area contributed by atoms with Crippen LogP contribution in [0.1, 0.15) is 58.6 Å². The molecule has 1 aromatic heterocycles. The van der Waals surface area contributed by atoms with E-state index in [1.165, 1.54) is 16.6 Å². The summed E-state index contributed by atoms with van der Waals surface area (Å²) in [6.45, 7) is 1.48. The van der Waals surface area contributed by atoms with Gasteiger partial charge in [-0.25, -0.2) is 18.4 Å². The van der Waals surface area contributed by atoms with Gasteiger partial charge in [0.05, 0.1) is 19.6 Å². The monoisotopic (exact) mass is 600 g/mol. The number of carbonyl (C=O) groups excluding carboxylic acids is 3. The van der Waals surface area contributed by atoms with Gasteiger partial charge in [-0.2, -0.15) is 0 Å². The summed E-state index contributed by atoms with van der Waals surface area (Å²) in [6, 6.07) is 1.70. The number of carboxylic acids is 1. The Morgan fingerprint density at radius 1 is 1.26 bits per heavy atom. The quantitative estimate of drug-likeness (QED) is 0.372. The summed E-state index contributed by atoms with van der Waals surface area (Å²) in [4.78, 5) is 71.7. The Hall–Kier alpha value is -5.08. The SMILES string of the molecule is COC1=NO[C@@]2(CC[C@H](C)N3C[C@H]2n2cc(C(=O)NCc4ccc(F)cc4F)c(=O)c(OC(=O)/C=C/C(=O)O)c2C3=O)C1. The van der Waals surface area contributed by atoms with Gasteiger partial charge in [-0.15, -0.1) is 0 Å². The maximum absolute atomic E-state index is 14.2. The summed E-state index contributed by atoms with van der Waals surface area (Å²) in [5.74, 6) is -6.65. The number of aliphatic carboxylic acids is 1. The largest absolute Gasteiger partial charge is 0.482 e. The summed E-state index contributed by atoms with van der Waals surface area (Å²) < 4.78 is 39.4. The zero-order chi connectivity index (χ0) is 31.1. The maximum Gasteiger partial charge on any atom is 0.336 e. The van der Waals surface area contributed by atoms with Gasteiger partial charge in [0.15, 0.2) is 11.3 Å². The number of carboxylic acid groups (broad SMARTS) is 1. The van der Waals surface area contributed by atoms with E-state index in [9.17, 15) is 32.8 Å². The molecule has 1 spiro atoms. The number of hydrogen-bond donors (Lipinski definition) is 2. The molecule has 0 saturated carbocycles. The number of halogens is 2. The minimum atomic E-state index is -1.46. The number of benzene rings is 1. The first kappa shape index (κ1) is 29.4. The van der Waals surface area contributed by atoms with Gasteiger partial charge in [-0.3, -0.25) is 14.4 Å². The van der Waals surface area contributed by atoms with E-state index in [0.29, 0.717) is 37.0 Å². The van der Waals surface area contributed by atoms with E-state index >= 15 is 0 Å². The van der Waals surface area contributed by atoms with Crippen LogP contribution in [0.25, 0.3) is 0 Å². The van der Waals surface area contributed by atoms with Gasteiger partial charge in [-0.1, -0.05) is 11.2 Å². The molecule has 4 heterocycles. The molecular formula is C28H26F2N4O9. The fourth-order valence-corrected chi connectivity index (χ4v) is 5.48. The van der Waals surface area contributed by atoms with Crippen LogP contribution >= 0.6 is 0 Å². The van der Waals surface area contributed by atoms with Gasteiger partial charge < -0.3 is 34.2 Å². The zero-order valence-corrected chi connectivity index (χ0v) is 23.0. The number of rotatable bonds is 6. The number of amides is 2. The summed E-state index contributed by atoms with van der Waals surface area (Å²) in [6.07, 6.45) is 3.28. The van der Waals surface area contributed by atoms with Crippen molar-refractivity contribution in [3.05, 3.63) is 75.2 Å². The van der Waals surface area contributed by atoms with Crippen molar-refractivity contribution < 1.29 is 47.4 Å². The van der Waals surface area contributed by atoms with Crippen molar-refractivity contribution in [2.75, 3.05) is 13.7 Å². The molecule has 3 aliphatic heterocycles. The number of aromatic nitrogens is 1. The van der Waals surface area contributed by atoms with E-state index < -0.39 is 70.3 Å². The molecule has 2 aromatic rings. The lowest BCUT2D eigenvalue weighted by molar-refractivity contribution is -0.133. The second-order valence-corrected chi connectivity index (χ2v) is 10.4. The molecule has 1 saturated heterocycles. The highest BCUT2D eigenvalue weighted by Crippen LogP contribution is 2.46. The Morgan fingerprint density at radius 3 is 2.70 bits per heavy atom. The second-order valence-electron chi connectivity index (χ2n) is 10.4. The number of methoxy groups -OCH3 is 1. The van der Waals surface area contributed by atoms with Crippen molar-refractivity contribution >= 4 is 29.7 Å². The van der Waals surface area contributed by atoms with Crippen LogP contribution in [0.15, 0.2) is 46.5 Å². The molecule has 0 unspecified atom stereocenters. The number of nitrogens with zero attached hydrogens (tertiary/aromatic N) is 3. The number of esters is 1. The Kier molecular flexibility index (Phi) is 7.73. The number of oxime groups is 1. The van der Waals surface area contributed by atoms with Gasteiger partial charge in [-0.05, 0) is 25.8 Å². The molecule has 3 atom stereocenters. The molecule has 5 rings (SSSR count). The highest BCUT2D eigenvalue weighted by Gasteiger charge is 2.55. The first-order valence-corrected chi connectivity index (χ1v) is 13.2. The van der Waals surface area contributed by atoms with E-state index in [2.05, 4.69) is 10.5 Å². The van der Waals surface area contributed by atoms with Gasteiger partial charge in [0.1, 0.15) is 17.2 Å². The molecule has 13 nitrogen and oxygen atoms in total. The van der Waals surface area contributed by atoms with Crippen LogP contribution in [-0.2, 0) is 25.7 Å². The molecule has 3 aliphatic rings. The maximum atomic E-state index is 14.2. The van der Waals surface area contributed by atoms with Crippen molar-refractivity contribution in [1.29, 1.82) is 0 Å². The van der Waals surface area contributed by atoms with Crippen molar-refractivity contribution in [3.63, 3.8) is 0 Å². The van der Waals surface area contributed by atoms with E-state index in [4.69, 9.17) is 19.4 Å². The fourth-order valence-electron chi connectivity index (χ4n) is 5.48. The predicted octanol–water partition coefficient (Wildman–Crippen LogP) is 1.90. The third kappa shape index (κ3) is 5.45. The Balaban J connectivity index is 1.63. The average molecular weight is 601 g/mol. The van der Waals surface area contributed by atoms with Gasteiger partial charge >= 0.3 is 11.9 Å². The van der Waals surface area contributed by atoms with Crippen LogP contribution in [0.5, 0.6) is 5.75 Å². The second kappa shape index (κ2) is 11.3. The van der Waals surface area contributed by atoms with Crippen LogP contribution in [-0.4, -0.2) is 69.5 Å². The first-order chi connectivity index (χ1) is 20.4.